The molecule has 6 atom stereocenters. The van der Waals surface area contributed by atoms with E-state index >= 15 is 0 Å². The van der Waals surface area contributed by atoms with Crippen molar-refractivity contribution < 1.29 is 71.3 Å². The monoisotopic (exact) mass is 601 g/mol. The summed E-state index contributed by atoms with van der Waals surface area (Å²) in [4.78, 5) is 78.9. The zero-order chi connectivity index (χ0) is 31.2. The van der Waals surface area contributed by atoms with Crippen LogP contribution in [0.5, 0.6) is 0 Å². The number of ether oxygens (including phenoxy) is 6. The topological polar surface area (TPSA) is 211 Å². The Balaban J connectivity index is 0.00000191. The van der Waals surface area contributed by atoms with Gasteiger partial charge < -0.3 is 43.1 Å². The van der Waals surface area contributed by atoms with Crippen LogP contribution in [-0.4, -0.2) is 108 Å². The van der Waals surface area contributed by atoms with Gasteiger partial charge in [0.15, 0.2) is 24.4 Å². The summed E-state index contributed by atoms with van der Waals surface area (Å²) in [6.45, 7) is 14.4. The third kappa shape index (κ3) is 14.7. The molecule has 0 aromatic rings. The van der Waals surface area contributed by atoms with Gasteiger partial charge in [-0.2, -0.15) is 0 Å². The number of esters is 5. The second kappa shape index (κ2) is 17.9. The van der Waals surface area contributed by atoms with Crippen LogP contribution in [0.3, 0.4) is 0 Å². The van der Waals surface area contributed by atoms with E-state index in [0.29, 0.717) is 0 Å². The molecule has 0 aromatic heterocycles. The zero-order valence-corrected chi connectivity index (χ0v) is 24.8. The molecule has 1 heterocycles. The average Bonchev–Trinajstić information content (AvgIpc) is 2.80. The molecule has 0 aliphatic carbocycles. The lowest BCUT2D eigenvalue weighted by Gasteiger charge is -2.45. The third-order valence-corrected chi connectivity index (χ3v) is 5.64. The molecule has 0 radical (unpaired) electrons. The van der Waals surface area contributed by atoms with Gasteiger partial charge in [-0.3, -0.25) is 28.5 Å². The number of carbonyl (C=O) groups excluding carboxylic acids is 5. The summed E-state index contributed by atoms with van der Waals surface area (Å²) >= 11 is 0. The molecule has 1 saturated heterocycles. The van der Waals surface area contributed by atoms with Crippen molar-refractivity contribution in [3.8, 4) is 0 Å². The summed E-state index contributed by atoms with van der Waals surface area (Å²) in [5.41, 5.74) is 0. The van der Waals surface area contributed by atoms with E-state index in [9.17, 15) is 38.3 Å². The van der Waals surface area contributed by atoms with E-state index in [1.165, 1.54) is 19.6 Å². The number of rotatable bonds is 12. The number of phosphoric ester groups is 1. The van der Waals surface area contributed by atoms with Crippen LogP contribution in [0.25, 0.3) is 0 Å². The molecular formula is C23H40NO15P. The zero-order valence-electron chi connectivity index (χ0n) is 23.9. The lowest BCUT2D eigenvalue weighted by Crippen LogP contribution is -2.65. The van der Waals surface area contributed by atoms with Gasteiger partial charge in [0, 0.05) is 34.6 Å². The fourth-order valence-corrected chi connectivity index (χ4v) is 4.04. The van der Waals surface area contributed by atoms with E-state index in [1.54, 1.807) is 0 Å². The van der Waals surface area contributed by atoms with Crippen LogP contribution < -0.4 is 0 Å². The Labute approximate surface area is 232 Å². The molecular weight excluding hydrogens is 561 g/mol. The summed E-state index contributed by atoms with van der Waals surface area (Å²) < 4.78 is 46.7. The maximum absolute atomic E-state index is 11.8. The van der Waals surface area contributed by atoms with Crippen molar-refractivity contribution in [2.24, 2.45) is 0 Å². The standard InChI is InChI=1S/C17H25O15P.C6H15N/c1-7(18)26-6-12(27-8(2)19)13-14(28-9(3)20)15(29-10(4)21)16(30-11(5)22)17(31-13)32-33(23,24)25;1-4-7(5-2)6-3/h12-17H,6H2,1-5H3,(H2,23,24,25);4-6H2,1-3H3/t12-,13?,14?,15?,16?,17?;/m1./s1. The maximum atomic E-state index is 11.8. The van der Waals surface area contributed by atoms with Gasteiger partial charge in [-0.15, -0.1) is 0 Å². The molecule has 2 N–H and O–H groups in total. The number of hydrogen-bond donors (Lipinski definition) is 2. The van der Waals surface area contributed by atoms with Gasteiger partial charge in [0.05, 0.1) is 0 Å². The van der Waals surface area contributed by atoms with Crippen LogP contribution >= 0.6 is 7.82 Å². The van der Waals surface area contributed by atoms with E-state index in [1.807, 2.05) is 0 Å². The van der Waals surface area contributed by atoms with Crippen LogP contribution in [-0.2, 0) is 61.5 Å². The molecule has 1 aliphatic heterocycles. The summed E-state index contributed by atoms with van der Waals surface area (Å²) in [6.07, 6.45) is -10.5. The van der Waals surface area contributed by atoms with Crippen molar-refractivity contribution in [3.63, 3.8) is 0 Å². The molecule has 0 bridgehead atoms. The van der Waals surface area contributed by atoms with Gasteiger partial charge in [-0.25, -0.2) is 4.57 Å². The molecule has 40 heavy (non-hydrogen) atoms. The summed E-state index contributed by atoms with van der Waals surface area (Å²) in [5, 5.41) is 0. The molecule has 0 aromatic carbocycles. The van der Waals surface area contributed by atoms with Crippen molar-refractivity contribution in [1.29, 1.82) is 0 Å². The molecule has 0 saturated carbocycles. The molecule has 232 valence electrons. The van der Waals surface area contributed by atoms with Gasteiger partial charge in [-0.1, -0.05) is 20.8 Å². The summed E-state index contributed by atoms with van der Waals surface area (Å²) in [7, 11) is -5.30. The van der Waals surface area contributed by atoms with Gasteiger partial charge in [0.1, 0.15) is 12.7 Å². The number of phosphoric acid groups is 1. The minimum atomic E-state index is -5.30. The maximum Gasteiger partial charge on any atom is 0.472 e. The Morgan fingerprint density at radius 3 is 1.55 bits per heavy atom. The minimum absolute atomic E-state index is 0.648. The lowest BCUT2D eigenvalue weighted by atomic mass is 9.94. The number of hydrogen-bond acceptors (Lipinski definition) is 14. The molecule has 1 rings (SSSR count). The first-order valence-electron chi connectivity index (χ1n) is 12.4. The molecule has 16 nitrogen and oxygen atoms in total. The molecule has 5 unspecified atom stereocenters. The van der Waals surface area contributed by atoms with Crippen molar-refractivity contribution in [2.45, 2.75) is 92.2 Å². The van der Waals surface area contributed by atoms with Crippen LogP contribution in [0.15, 0.2) is 0 Å². The van der Waals surface area contributed by atoms with E-state index in [4.69, 9.17) is 28.4 Å². The average molecular weight is 602 g/mol. The Morgan fingerprint density at radius 2 is 1.20 bits per heavy atom. The van der Waals surface area contributed by atoms with Crippen LogP contribution in [0.2, 0.25) is 0 Å². The minimum Gasteiger partial charge on any atom is -0.462 e. The predicted octanol–water partition coefficient (Wildman–Crippen LogP) is 0.459. The summed E-state index contributed by atoms with van der Waals surface area (Å²) in [6, 6.07) is 0. The van der Waals surface area contributed by atoms with Gasteiger partial charge in [-0.05, 0) is 19.6 Å². The van der Waals surface area contributed by atoms with Crippen molar-refractivity contribution in [1.82, 2.24) is 4.90 Å². The third-order valence-electron chi connectivity index (χ3n) is 5.15. The van der Waals surface area contributed by atoms with Gasteiger partial charge in [0.2, 0.25) is 6.29 Å². The van der Waals surface area contributed by atoms with Crippen molar-refractivity contribution in [2.75, 3.05) is 26.2 Å². The highest BCUT2D eigenvalue weighted by Gasteiger charge is 2.56. The highest BCUT2D eigenvalue weighted by molar-refractivity contribution is 7.46. The second-order valence-corrected chi connectivity index (χ2v) is 9.55. The molecule has 17 heteroatoms. The predicted molar refractivity (Wildman–Crippen MR) is 134 cm³/mol. The first kappa shape index (κ1) is 37.4. The second-order valence-electron chi connectivity index (χ2n) is 8.36. The highest BCUT2D eigenvalue weighted by atomic mass is 31.2. The van der Waals surface area contributed by atoms with Crippen molar-refractivity contribution in [3.05, 3.63) is 0 Å². The van der Waals surface area contributed by atoms with Crippen LogP contribution in [0.1, 0.15) is 55.4 Å². The quantitative estimate of drug-likeness (QED) is 0.177. The fourth-order valence-electron chi connectivity index (χ4n) is 3.60. The summed E-state index contributed by atoms with van der Waals surface area (Å²) in [5.74, 6) is -4.57. The molecule has 1 aliphatic rings. The Morgan fingerprint density at radius 1 is 0.750 bits per heavy atom. The smallest absolute Gasteiger partial charge is 0.462 e. The van der Waals surface area contributed by atoms with E-state index < -0.39 is 81.1 Å². The van der Waals surface area contributed by atoms with Gasteiger partial charge >= 0.3 is 37.7 Å². The Kier molecular flexibility index (Phi) is 16.8. The largest absolute Gasteiger partial charge is 0.472 e. The first-order chi connectivity index (χ1) is 18.4. The first-order valence-corrected chi connectivity index (χ1v) is 13.9. The Hall–Kier alpha value is -2.62. The Bertz CT molecular complexity index is 897. The van der Waals surface area contributed by atoms with Crippen LogP contribution in [0, 0.1) is 0 Å². The van der Waals surface area contributed by atoms with Crippen LogP contribution in [0.4, 0.5) is 0 Å². The normalized spacial score (nSPS) is 23.1. The molecule has 1 fully saturated rings. The fraction of sp³-hybridized carbons (Fsp3) is 0.783. The number of nitrogens with zero attached hydrogens (tertiary/aromatic N) is 1. The van der Waals surface area contributed by atoms with Gasteiger partial charge in [0.25, 0.3) is 0 Å². The lowest BCUT2D eigenvalue weighted by molar-refractivity contribution is -0.302. The molecule has 0 amide bonds. The van der Waals surface area contributed by atoms with E-state index in [-0.39, 0.29) is 0 Å². The SMILES string of the molecule is CC(=O)OC[C@@H](OC(C)=O)C1OC(OP(=O)(O)O)C(OC(C)=O)C(OC(C)=O)C1OC(C)=O.CCN(CC)CC. The molecule has 0 spiro atoms. The number of carbonyl (C=O) groups is 5. The highest BCUT2D eigenvalue weighted by Crippen LogP contribution is 2.42. The van der Waals surface area contributed by atoms with E-state index in [0.717, 1.165) is 34.6 Å². The van der Waals surface area contributed by atoms with E-state index in [2.05, 4.69) is 30.2 Å². The van der Waals surface area contributed by atoms with Crippen molar-refractivity contribution >= 4 is 37.7 Å².